The molecule has 0 radical (unpaired) electrons. The SMILES string of the molecule is CC(CCc1ccccc1)NC(=O)c1cccc(NC(=O)CC2SC(N3CCCCC3)=NC2=O)c1. The second kappa shape index (κ2) is 12.0. The molecule has 4 rings (SSSR count). The molecular weight excluding hydrogens is 460 g/mol. The van der Waals surface area contributed by atoms with Crippen molar-refractivity contribution in [2.24, 2.45) is 4.99 Å². The van der Waals surface area contributed by atoms with Gasteiger partial charge in [-0.1, -0.05) is 48.2 Å². The molecule has 2 aromatic rings. The summed E-state index contributed by atoms with van der Waals surface area (Å²) in [7, 11) is 0. The van der Waals surface area contributed by atoms with Gasteiger partial charge in [0.25, 0.3) is 11.8 Å². The first kappa shape index (κ1) is 25.0. The number of amides is 3. The number of thioether (sulfide) groups is 1. The Morgan fingerprint density at radius 2 is 1.86 bits per heavy atom. The molecule has 2 aliphatic heterocycles. The van der Waals surface area contributed by atoms with Crippen molar-refractivity contribution in [3.63, 3.8) is 0 Å². The number of hydrogen-bond donors (Lipinski definition) is 2. The number of aliphatic imine (C=N–C) groups is 1. The van der Waals surface area contributed by atoms with Gasteiger partial charge < -0.3 is 15.5 Å². The fourth-order valence-electron chi connectivity index (χ4n) is 4.26. The van der Waals surface area contributed by atoms with E-state index in [1.165, 1.54) is 23.7 Å². The molecule has 1 saturated heterocycles. The smallest absolute Gasteiger partial charge is 0.262 e. The minimum absolute atomic E-state index is 0.0143. The average Bonchev–Trinajstić information content (AvgIpc) is 3.24. The number of carbonyl (C=O) groups is 3. The Kier molecular flexibility index (Phi) is 8.58. The molecule has 3 amide bonds. The highest BCUT2D eigenvalue weighted by Gasteiger charge is 2.33. The van der Waals surface area contributed by atoms with Gasteiger partial charge in [-0.05, 0) is 62.8 Å². The zero-order valence-electron chi connectivity index (χ0n) is 20.0. The van der Waals surface area contributed by atoms with Gasteiger partial charge in [-0.25, -0.2) is 0 Å². The molecule has 0 saturated carbocycles. The molecule has 0 aromatic heterocycles. The first-order chi connectivity index (χ1) is 17.0. The summed E-state index contributed by atoms with van der Waals surface area (Å²) in [4.78, 5) is 44.0. The number of piperidine rings is 1. The monoisotopic (exact) mass is 492 g/mol. The minimum atomic E-state index is -0.496. The Labute approximate surface area is 210 Å². The summed E-state index contributed by atoms with van der Waals surface area (Å²) in [5.74, 6) is -0.689. The van der Waals surface area contributed by atoms with Gasteiger partial charge in [-0.15, -0.1) is 0 Å². The summed E-state index contributed by atoms with van der Waals surface area (Å²) in [6, 6.07) is 17.1. The maximum atomic E-state index is 12.7. The van der Waals surface area contributed by atoms with E-state index >= 15 is 0 Å². The Bertz CT molecular complexity index is 1080. The van der Waals surface area contributed by atoms with Gasteiger partial charge in [-0.2, -0.15) is 4.99 Å². The number of hydrogen-bond acceptors (Lipinski definition) is 5. The third-order valence-corrected chi connectivity index (χ3v) is 7.43. The molecule has 2 N–H and O–H groups in total. The van der Waals surface area contributed by atoms with Gasteiger partial charge in [0.15, 0.2) is 5.17 Å². The zero-order valence-corrected chi connectivity index (χ0v) is 20.9. The van der Waals surface area contributed by atoms with Crippen LogP contribution in [0.4, 0.5) is 5.69 Å². The van der Waals surface area contributed by atoms with E-state index in [1.54, 1.807) is 24.3 Å². The molecule has 2 heterocycles. The lowest BCUT2D eigenvalue weighted by Crippen LogP contribution is -2.33. The molecule has 0 aliphatic carbocycles. The number of benzene rings is 2. The highest BCUT2D eigenvalue weighted by Crippen LogP contribution is 2.29. The van der Waals surface area contributed by atoms with Crippen LogP contribution in [0.25, 0.3) is 0 Å². The van der Waals surface area contributed by atoms with E-state index in [-0.39, 0.29) is 30.2 Å². The molecular formula is C27H32N4O3S. The van der Waals surface area contributed by atoms with Crippen molar-refractivity contribution in [2.75, 3.05) is 18.4 Å². The van der Waals surface area contributed by atoms with Gasteiger partial charge in [0.1, 0.15) is 5.25 Å². The number of likely N-dealkylation sites (tertiary alicyclic amines) is 1. The number of nitrogens with zero attached hydrogens (tertiary/aromatic N) is 2. The summed E-state index contributed by atoms with van der Waals surface area (Å²) in [6.45, 7) is 3.82. The number of nitrogens with one attached hydrogen (secondary N) is 2. The summed E-state index contributed by atoms with van der Waals surface area (Å²) in [5.41, 5.74) is 2.26. The highest BCUT2D eigenvalue weighted by molar-refractivity contribution is 8.15. The van der Waals surface area contributed by atoms with Gasteiger partial charge in [0.05, 0.1) is 0 Å². The Hall–Kier alpha value is -3.13. The number of anilines is 1. The lowest BCUT2D eigenvalue weighted by molar-refractivity contribution is -0.121. The minimum Gasteiger partial charge on any atom is -0.351 e. The van der Waals surface area contributed by atoms with Crippen molar-refractivity contribution < 1.29 is 14.4 Å². The van der Waals surface area contributed by atoms with Crippen LogP contribution in [-0.2, 0) is 16.0 Å². The van der Waals surface area contributed by atoms with E-state index in [9.17, 15) is 14.4 Å². The van der Waals surface area contributed by atoms with E-state index in [0.717, 1.165) is 43.9 Å². The van der Waals surface area contributed by atoms with Crippen LogP contribution >= 0.6 is 11.8 Å². The van der Waals surface area contributed by atoms with Crippen LogP contribution in [0, 0.1) is 0 Å². The standard InChI is InChI=1S/C27H32N4O3S/c1-19(13-14-20-9-4-2-5-10-20)28-25(33)21-11-8-12-22(17-21)29-24(32)18-23-26(34)30-27(35-23)31-15-6-3-7-16-31/h2,4-5,8-12,17,19,23H,3,6-7,13-16,18H2,1H3,(H,28,33)(H,29,32). The predicted octanol–water partition coefficient (Wildman–Crippen LogP) is 4.25. The number of carbonyl (C=O) groups excluding carboxylic acids is 3. The average molecular weight is 493 g/mol. The lowest BCUT2D eigenvalue weighted by Gasteiger charge is -2.27. The summed E-state index contributed by atoms with van der Waals surface area (Å²) < 4.78 is 0. The van der Waals surface area contributed by atoms with Crippen LogP contribution in [0.5, 0.6) is 0 Å². The molecule has 2 aliphatic rings. The normalized spacial score (nSPS) is 18.7. The maximum absolute atomic E-state index is 12.7. The van der Waals surface area contributed by atoms with Gasteiger partial charge in [0.2, 0.25) is 5.91 Å². The van der Waals surface area contributed by atoms with Crippen LogP contribution in [-0.4, -0.2) is 52.2 Å². The predicted molar refractivity (Wildman–Crippen MR) is 141 cm³/mol. The number of rotatable bonds is 8. The Balaban J connectivity index is 1.25. The van der Waals surface area contributed by atoms with E-state index in [0.29, 0.717) is 11.3 Å². The third kappa shape index (κ3) is 7.18. The van der Waals surface area contributed by atoms with Crippen LogP contribution in [0.3, 0.4) is 0 Å². The van der Waals surface area contributed by atoms with Crippen molar-refractivity contribution in [3.05, 3.63) is 65.7 Å². The van der Waals surface area contributed by atoms with Crippen molar-refractivity contribution in [1.82, 2.24) is 10.2 Å². The van der Waals surface area contributed by atoms with E-state index in [4.69, 9.17) is 0 Å². The van der Waals surface area contributed by atoms with Crippen LogP contribution in [0.1, 0.15) is 54.9 Å². The number of amidine groups is 1. The first-order valence-electron chi connectivity index (χ1n) is 12.3. The summed E-state index contributed by atoms with van der Waals surface area (Å²) in [6.07, 6.45) is 5.19. The molecule has 1 fully saturated rings. The van der Waals surface area contributed by atoms with Crippen molar-refractivity contribution in [1.29, 1.82) is 0 Å². The topological polar surface area (TPSA) is 90.9 Å². The summed E-state index contributed by atoms with van der Waals surface area (Å²) >= 11 is 1.38. The second-order valence-corrected chi connectivity index (χ2v) is 10.3. The molecule has 2 aromatic carbocycles. The quantitative estimate of drug-likeness (QED) is 0.575. The Morgan fingerprint density at radius 1 is 1.09 bits per heavy atom. The third-order valence-electron chi connectivity index (χ3n) is 6.22. The molecule has 0 bridgehead atoms. The van der Waals surface area contributed by atoms with Gasteiger partial charge in [0, 0.05) is 36.8 Å². The molecule has 2 unspecified atom stereocenters. The van der Waals surface area contributed by atoms with E-state index < -0.39 is 5.25 Å². The van der Waals surface area contributed by atoms with E-state index in [1.807, 2.05) is 25.1 Å². The van der Waals surface area contributed by atoms with Gasteiger partial charge >= 0.3 is 0 Å². The molecule has 184 valence electrons. The second-order valence-electron chi connectivity index (χ2n) is 9.12. The fourth-order valence-corrected chi connectivity index (χ4v) is 5.37. The first-order valence-corrected chi connectivity index (χ1v) is 13.1. The Morgan fingerprint density at radius 3 is 2.63 bits per heavy atom. The summed E-state index contributed by atoms with van der Waals surface area (Å²) in [5, 5.41) is 6.10. The van der Waals surface area contributed by atoms with E-state index in [2.05, 4.69) is 32.7 Å². The van der Waals surface area contributed by atoms with Crippen molar-refractivity contribution in [3.8, 4) is 0 Å². The fraction of sp³-hybridized carbons (Fsp3) is 0.407. The van der Waals surface area contributed by atoms with Crippen molar-refractivity contribution in [2.45, 2.75) is 56.7 Å². The van der Waals surface area contributed by atoms with Gasteiger partial charge in [-0.3, -0.25) is 14.4 Å². The molecule has 2 atom stereocenters. The molecule has 8 heteroatoms. The lowest BCUT2D eigenvalue weighted by atomic mass is 10.1. The zero-order chi connectivity index (χ0) is 24.6. The molecule has 35 heavy (non-hydrogen) atoms. The molecule has 0 spiro atoms. The number of aryl methyl sites for hydroxylation is 1. The highest BCUT2D eigenvalue weighted by atomic mass is 32.2. The van der Waals surface area contributed by atoms with Crippen LogP contribution in [0.2, 0.25) is 0 Å². The van der Waals surface area contributed by atoms with Crippen LogP contribution in [0.15, 0.2) is 59.6 Å². The van der Waals surface area contributed by atoms with Crippen LogP contribution < -0.4 is 10.6 Å². The molecule has 7 nitrogen and oxygen atoms in total. The maximum Gasteiger partial charge on any atom is 0.262 e. The van der Waals surface area contributed by atoms with Crippen molar-refractivity contribution >= 4 is 40.3 Å². The largest absolute Gasteiger partial charge is 0.351 e.